The molecular formula is C8H17N3O3. The highest BCUT2D eigenvalue weighted by molar-refractivity contribution is 5.79. The maximum atomic E-state index is 11.1. The van der Waals surface area contributed by atoms with Gasteiger partial charge in [-0.15, -0.1) is 0 Å². The second kappa shape index (κ2) is 7.28. The molecule has 0 aromatic heterocycles. The smallest absolute Gasteiger partial charge is 0.246 e. The van der Waals surface area contributed by atoms with Gasteiger partial charge in [0.15, 0.2) is 0 Å². The number of carbonyl (C=O) groups excluding carboxylic acids is 2. The molecule has 0 fully saturated rings. The van der Waals surface area contributed by atoms with Gasteiger partial charge in [-0.1, -0.05) is 0 Å². The Labute approximate surface area is 83.0 Å². The topological polar surface area (TPSA) is 107 Å². The van der Waals surface area contributed by atoms with Gasteiger partial charge in [0.05, 0.1) is 6.61 Å². The molecule has 2 amide bonds. The molecule has 0 aliphatic heterocycles. The minimum Gasteiger partial charge on any atom is -0.370 e. The Morgan fingerprint density at radius 2 is 2.14 bits per heavy atom. The number of primary amides is 1. The van der Waals surface area contributed by atoms with E-state index in [-0.39, 0.29) is 25.0 Å². The predicted molar refractivity (Wildman–Crippen MR) is 51.3 cm³/mol. The average molecular weight is 203 g/mol. The summed E-state index contributed by atoms with van der Waals surface area (Å²) in [7, 11) is 0. The first-order chi connectivity index (χ1) is 6.56. The molecule has 0 aliphatic rings. The third kappa shape index (κ3) is 7.51. The second-order valence-corrected chi connectivity index (χ2v) is 2.98. The normalized spacial score (nSPS) is 12.1. The van der Waals surface area contributed by atoms with Crippen LogP contribution in [0.4, 0.5) is 0 Å². The second-order valence-electron chi connectivity index (χ2n) is 2.98. The molecule has 14 heavy (non-hydrogen) atoms. The molecule has 6 nitrogen and oxygen atoms in total. The molecule has 0 aromatic rings. The van der Waals surface area contributed by atoms with E-state index in [1.165, 1.54) is 0 Å². The van der Waals surface area contributed by atoms with Crippen molar-refractivity contribution in [3.05, 3.63) is 0 Å². The number of ether oxygens (including phenoxy) is 1. The van der Waals surface area contributed by atoms with Crippen molar-refractivity contribution in [2.45, 2.75) is 19.4 Å². The summed E-state index contributed by atoms with van der Waals surface area (Å²) >= 11 is 0. The molecule has 1 unspecified atom stereocenters. The number of rotatable bonds is 7. The number of hydrogen-bond donors (Lipinski definition) is 3. The van der Waals surface area contributed by atoms with Gasteiger partial charge in [0.2, 0.25) is 11.8 Å². The van der Waals surface area contributed by atoms with Crippen molar-refractivity contribution >= 4 is 11.8 Å². The fourth-order valence-electron chi connectivity index (χ4n) is 0.917. The summed E-state index contributed by atoms with van der Waals surface area (Å²) in [5, 5.41) is 2.56. The van der Waals surface area contributed by atoms with Gasteiger partial charge in [-0.05, 0) is 6.92 Å². The highest BCUT2D eigenvalue weighted by Crippen LogP contribution is 1.88. The molecule has 0 spiro atoms. The molecule has 0 radical (unpaired) electrons. The first kappa shape index (κ1) is 12.9. The monoisotopic (exact) mass is 203 g/mol. The van der Waals surface area contributed by atoms with E-state index in [0.717, 1.165) is 0 Å². The fraction of sp³-hybridized carbons (Fsp3) is 0.750. The van der Waals surface area contributed by atoms with Crippen LogP contribution < -0.4 is 16.8 Å². The van der Waals surface area contributed by atoms with Crippen molar-refractivity contribution in [3.8, 4) is 0 Å². The zero-order valence-corrected chi connectivity index (χ0v) is 8.29. The van der Waals surface area contributed by atoms with Crippen LogP contribution in [0.5, 0.6) is 0 Å². The van der Waals surface area contributed by atoms with Crippen LogP contribution in [0.3, 0.4) is 0 Å². The van der Waals surface area contributed by atoms with Crippen LogP contribution in [0.25, 0.3) is 0 Å². The Kier molecular flexibility index (Phi) is 6.69. The lowest BCUT2D eigenvalue weighted by atomic mass is 10.2. The van der Waals surface area contributed by atoms with E-state index in [2.05, 4.69) is 5.32 Å². The Balaban J connectivity index is 3.55. The summed E-state index contributed by atoms with van der Waals surface area (Å²) in [6, 6.07) is -0.263. The van der Waals surface area contributed by atoms with E-state index in [4.69, 9.17) is 16.2 Å². The molecule has 0 rings (SSSR count). The standard InChI is InChI=1S/C8H17N3O3/c1-6(4-7(10)12)11-8(13)5-14-3-2-9/h6H,2-5,9H2,1H3,(H2,10,12)(H,11,13). The van der Waals surface area contributed by atoms with Crippen molar-refractivity contribution < 1.29 is 14.3 Å². The van der Waals surface area contributed by atoms with Crippen LogP contribution in [0.2, 0.25) is 0 Å². The maximum absolute atomic E-state index is 11.1. The third-order valence-electron chi connectivity index (χ3n) is 1.41. The zero-order chi connectivity index (χ0) is 11.0. The van der Waals surface area contributed by atoms with E-state index >= 15 is 0 Å². The van der Waals surface area contributed by atoms with E-state index in [1.54, 1.807) is 6.92 Å². The van der Waals surface area contributed by atoms with Crippen LogP contribution in [0.1, 0.15) is 13.3 Å². The Morgan fingerprint density at radius 1 is 1.50 bits per heavy atom. The van der Waals surface area contributed by atoms with Gasteiger partial charge in [0.1, 0.15) is 6.61 Å². The molecule has 0 saturated carbocycles. The summed E-state index contributed by atoms with van der Waals surface area (Å²) < 4.78 is 4.90. The molecule has 5 N–H and O–H groups in total. The van der Waals surface area contributed by atoms with E-state index in [1.807, 2.05) is 0 Å². The minimum atomic E-state index is -0.444. The molecule has 6 heteroatoms. The zero-order valence-electron chi connectivity index (χ0n) is 8.29. The van der Waals surface area contributed by atoms with Crippen LogP contribution in [-0.2, 0) is 14.3 Å². The van der Waals surface area contributed by atoms with Gasteiger partial charge >= 0.3 is 0 Å². The van der Waals surface area contributed by atoms with Crippen molar-refractivity contribution in [2.75, 3.05) is 19.8 Å². The highest BCUT2D eigenvalue weighted by Gasteiger charge is 2.09. The first-order valence-corrected chi connectivity index (χ1v) is 4.41. The SMILES string of the molecule is CC(CC(N)=O)NC(=O)COCCN. The van der Waals surface area contributed by atoms with Gasteiger partial charge in [0, 0.05) is 19.0 Å². The van der Waals surface area contributed by atoms with Crippen LogP contribution in [0, 0.1) is 0 Å². The molecule has 82 valence electrons. The Hall–Kier alpha value is -1.14. The summed E-state index contributed by atoms with van der Waals surface area (Å²) in [6.45, 7) is 2.38. The van der Waals surface area contributed by atoms with Crippen molar-refractivity contribution in [3.63, 3.8) is 0 Å². The van der Waals surface area contributed by atoms with Crippen molar-refractivity contribution in [2.24, 2.45) is 11.5 Å². The van der Waals surface area contributed by atoms with Crippen LogP contribution >= 0.6 is 0 Å². The van der Waals surface area contributed by atoms with E-state index < -0.39 is 5.91 Å². The van der Waals surface area contributed by atoms with Crippen molar-refractivity contribution in [1.29, 1.82) is 0 Å². The summed E-state index contributed by atoms with van der Waals surface area (Å²) in [6.07, 6.45) is 0.128. The summed E-state index contributed by atoms with van der Waals surface area (Å²) in [5.41, 5.74) is 10.1. The van der Waals surface area contributed by atoms with Gasteiger partial charge in [-0.25, -0.2) is 0 Å². The van der Waals surface area contributed by atoms with Crippen LogP contribution in [-0.4, -0.2) is 37.6 Å². The molecule has 0 bridgehead atoms. The lowest BCUT2D eigenvalue weighted by Gasteiger charge is -2.11. The Morgan fingerprint density at radius 3 is 2.64 bits per heavy atom. The molecule has 0 aliphatic carbocycles. The fourth-order valence-corrected chi connectivity index (χ4v) is 0.917. The van der Waals surface area contributed by atoms with Gasteiger partial charge in [-0.2, -0.15) is 0 Å². The Bertz CT molecular complexity index is 196. The van der Waals surface area contributed by atoms with Crippen molar-refractivity contribution in [1.82, 2.24) is 5.32 Å². The van der Waals surface area contributed by atoms with Gasteiger partial charge < -0.3 is 21.5 Å². The molecular weight excluding hydrogens is 186 g/mol. The summed E-state index contributed by atoms with van der Waals surface area (Å²) in [5.74, 6) is -0.715. The molecule has 0 aromatic carbocycles. The molecule has 0 saturated heterocycles. The number of hydrogen-bond acceptors (Lipinski definition) is 4. The predicted octanol–water partition coefficient (Wildman–Crippen LogP) is -1.66. The van der Waals surface area contributed by atoms with Gasteiger partial charge in [0.25, 0.3) is 0 Å². The lowest BCUT2D eigenvalue weighted by molar-refractivity contribution is -0.126. The number of nitrogens with one attached hydrogen (secondary N) is 1. The number of carbonyl (C=O) groups is 2. The van der Waals surface area contributed by atoms with E-state index in [0.29, 0.717) is 13.2 Å². The maximum Gasteiger partial charge on any atom is 0.246 e. The largest absolute Gasteiger partial charge is 0.370 e. The highest BCUT2D eigenvalue weighted by atomic mass is 16.5. The summed E-state index contributed by atoms with van der Waals surface area (Å²) in [4.78, 5) is 21.6. The third-order valence-corrected chi connectivity index (χ3v) is 1.41. The quantitative estimate of drug-likeness (QED) is 0.430. The first-order valence-electron chi connectivity index (χ1n) is 4.41. The van der Waals surface area contributed by atoms with Gasteiger partial charge in [-0.3, -0.25) is 9.59 Å². The molecule has 1 atom stereocenters. The average Bonchev–Trinajstić information content (AvgIpc) is 2.02. The van der Waals surface area contributed by atoms with E-state index in [9.17, 15) is 9.59 Å². The number of nitrogens with two attached hydrogens (primary N) is 2. The molecule has 0 heterocycles. The number of amides is 2. The lowest BCUT2D eigenvalue weighted by Crippen LogP contribution is -2.38. The minimum absolute atomic E-state index is 0.0414. The van der Waals surface area contributed by atoms with Crippen LogP contribution in [0.15, 0.2) is 0 Å².